The first kappa shape index (κ1) is 13.2. The Kier molecular flexibility index (Phi) is 3.74. The normalized spacial score (nSPS) is 19.6. The Labute approximate surface area is 118 Å². The van der Waals surface area contributed by atoms with Crippen LogP contribution in [0, 0.1) is 5.92 Å². The molecule has 106 valence electrons. The number of esters is 1. The van der Waals surface area contributed by atoms with Gasteiger partial charge < -0.3 is 14.6 Å². The molecule has 1 aromatic carbocycles. The molecule has 1 aliphatic rings. The lowest BCUT2D eigenvalue weighted by atomic mass is 10.1. The number of hydrogen-bond donors (Lipinski definition) is 1. The Morgan fingerprint density at radius 2 is 2.30 bits per heavy atom. The molecule has 1 fully saturated rings. The van der Waals surface area contributed by atoms with Gasteiger partial charge in [0.25, 0.3) is 0 Å². The van der Waals surface area contributed by atoms with Crippen LogP contribution in [0.2, 0.25) is 0 Å². The maximum absolute atomic E-state index is 11.5. The van der Waals surface area contributed by atoms with Crippen molar-refractivity contribution < 1.29 is 9.53 Å². The highest BCUT2D eigenvalue weighted by Crippen LogP contribution is 2.21. The lowest BCUT2D eigenvalue weighted by Crippen LogP contribution is -2.25. The summed E-state index contributed by atoms with van der Waals surface area (Å²) in [6.07, 6.45) is 4.02. The molecule has 0 radical (unpaired) electrons. The average Bonchev–Trinajstić information content (AvgIpc) is 3.11. The van der Waals surface area contributed by atoms with E-state index in [4.69, 9.17) is 4.74 Å². The van der Waals surface area contributed by atoms with Crippen molar-refractivity contribution in [3.05, 3.63) is 36.0 Å². The Hall–Kier alpha value is -1.81. The number of aromatic amines is 1. The minimum absolute atomic E-state index is 0.0583. The van der Waals surface area contributed by atoms with Gasteiger partial charge >= 0.3 is 5.97 Å². The number of methoxy groups -OCH3 is 1. The summed E-state index contributed by atoms with van der Waals surface area (Å²) in [5.74, 6) is -0.0115. The second kappa shape index (κ2) is 5.67. The van der Waals surface area contributed by atoms with Gasteiger partial charge in [0.05, 0.1) is 13.0 Å². The van der Waals surface area contributed by atoms with Crippen LogP contribution in [0.3, 0.4) is 0 Å². The lowest BCUT2D eigenvalue weighted by Gasteiger charge is -2.14. The number of likely N-dealkylation sites (tertiary alicyclic amines) is 1. The molecule has 0 saturated carbocycles. The molecule has 1 aliphatic heterocycles. The quantitative estimate of drug-likeness (QED) is 0.868. The summed E-state index contributed by atoms with van der Waals surface area (Å²) in [5.41, 5.74) is 2.54. The number of para-hydroxylation sites is 1. The van der Waals surface area contributed by atoms with Crippen molar-refractivity contribution in [2.24, 2.45) is 5.92 Å². The third-order valence-corrected chi connectivity index (χ3v) is 4.18. The van der Waals surface area contributed by atoms with Gasteiger partial charge in [-0.3, -0.25) is 4.79 Å². The number of H-pyrrole nitrogens is 1. The number of aromatic nitrogens is 1. The second-order valence-corrected chi connectivity index (χ2v) is 5.42. The van der Waals surface area contributed by atoms with Crippen LogP contribution >= 0.6 is 0 Å². The number of nitrogens with zero attached hydrogens (tertiary/aromatic N) is 1. The van der Waals surface area contributed by atoms with Gasteiger partial charge in [-0.2, -0.15) is 0 Å². The van der Waals surface area contributed by atoms with Crippen molar-refractivity contribution >= 4 is 16.9 Å². The summed E-state index contributed by atoms with van der Waals surface area (Å²) in [4.78, 5) is 17.2. The molecule has 1 atom stereocenters. The summed E-state index contributed by atoms with van der Waals surface area (Å²) in [5, 5.41) is 1.30. The number of carbonyl (C=O) groups excluding carboxylic acids is 1. The van der Waals surface area contributed by atoms with Crippen LogP contribution in [0.4, 0.5) is 0 Å². The van der Waals surface area contributed by atoms with E-state index in [1.807, 2.05) is 6.07 Å². The first-order valence-corrected chi connectivity index (χ1v) is 7.13. The number of hydrogen-bond acceptors (Lipinski definition) is 3. The minimum Gasteiger partial charge on any atom is -0.469 e. The van der Waals surface area contributed by atoms with E-state index in [2.05, 4.69) is 34.3 Å². The smallest absolute Gasteiger partial charge is 0.310 e. The van der Waals surface area contributed by atoms with Crippen LogP contribution in [0.5, 0.6) is 0 Å². The van der Waals surface area contributed by atoms with Crippen molar-refractivity contribution in [2.45, 2.75) is 12.8 Å². The Morgan fingerprint density at radius 3 is 3.15 bits per heavy atom. The Bertz CT molecular complexity index is 605. The maximum atomic E-state index is 11.5. The van der Waals surface area contributed by atoms with Crippen LogP contribution < -0.4 is 0 Å². The molecule has 3 rings (SSSR count). The molecule has 20 heavy (non-hydrogen) atoms. The molecule has 4 heteroatoms. The first-order chi connectivity index (χ1) is 9.78. The molecular formula is C16H20N2O2. The highest BCUT2D eigenvalue weighted by atomic mass is 16.5. The van der Waals surface area contributed by atoms with Crippen LogP contribution in [0.15, 0.2) is 30.5 Å². The second-order valence-electron chi connectivity index (χ2n) is 5.42. The number of benzene rings is 1. The number of ether oxygens (including phenoxy) is 1. The third-order valence-electron chi connectivity index (χ3n) is 4.18. The number of nitrogens with one attached hydrogen (secondary N) is 1. The van der Waals surface area contributed by atoms with E-state index in [0.29, 0.717) is 0 Å². The molecule has 0 spiro atoms. The van der Waals surface area contributed by atoms with Gasteiger partial charge in [-0.25, -0.2) is 0 Å². The van der Waals surface area contributed by atoms with Gasteiger partial charge in [0, 0.05) is 30.2 Å². The number of carbonyl (C=O) groups is 1. The topological polar surface area (TPSA) is 45.3 Å². The van der Waals surface area contributed by atoms with Crippen LogP contribution in [-0.2, 0) is 16.0 Å². The molecule has 1 N–H and O–H groups in total. The molecule has 2 aromatic rings. The molecule has 0 amide bonds. The predicted molar refractivity (Wildman–Crippen MR) is 78.6 cm³/mol. The Balaban J connectivity index is 1.59. The van der Waals surface area contributed by atoms with E-state index in [1.165, 1.54) is 23.6 Å². The van der Waals surface area contributed by atoms with Gasteiger partial charge in [-0.1, -0.05) is 18.2 Å². The Morgan fingerprint density at radius 1 is 1.45 bits per heavy atom. The molecule has 1 aromatic heterocycles. The molecule has 2 heterocycles. The van der Waals surface area contributed by atoms with Crippen molar-refractivity contribution in [1.29, 1.82) is 0 Å². The zero-order valence-corrected chi connectivity index (χ0v) is 11.8. The summed E-state index contributed by atoms with van der Waals surface area (Å²) >= 11 is 0. The van der Waals surface area contributed by atoms with Gasteiger partial charge in [0.15, 0.2) is 0 Å². The van der Waals surface area contributed by atoms with Gasteiger partial charge in [0.2, 0.25) is 0 Å². The molecule has 1 unspecified atom stereocenters. The number of rotatable bonds is 4. The van der Waals surface area contributed by atoms with Crippen molar-refractivity contribution in [3.63, 3.8) is 0 Å². The summed E-state index contributed by atoms with van der Waals surface area (Å²) in [7, 11) is 1.47. The largest absolute Gasteiger partial charge is 0.469 e. The first-order valence-electron chi connectivity index (χ1n) is 7.13. The van der Waals surface area contributed by atoms with Crippen molar-refractivity contribution in [3.8, 4) is 0 Å². The van der Waals surface area contributed by atoms with E-state index in [0.717, 1.165) is 32.5 Å². The van der Waals surface area contributed by atoms with Gasteiger partial charge in [0.1, 0.15) is 0 Å². The summed E-state index contributed by atoms with van der Waals surface area (Å²) < 4.78 is 4.82. The predicted octanol–water partition coefficient (Wildman–Crippen LogP) is 2.21. The van der Waals surface area contributed by atoms with Gasteiger partial charge in [-0.15, -0.1) is 0 Å². The zero-order chi connectivity index (χ0) is 13.9. The van der Waals surface area contributed by atoms with E-state index in [1.54, 1.807) is 0 Å². The van der Waals surface area contributed by atoms with E-state index in [9.17, 15) is 4.79 Å². The average molecular weight is 272 g/mol. The number of fused-ring (bicyclic) bond motifs is 1. The minimum atomic E-state index is -0.0698. The van der Waals surface area contributed by atoms with Crippen LogP contribution in [0.25, 0.3) is 10.9 Å². The van der Waals surface area contributed by atoms with E-state index in [-0.39, 0.29) is 11.9 Å². The third kappa shape index (κ3) is 2.56. The van der Waals surface area contributed by atoms with E-state index >= 15 is 0 Å². The highest BCUT2D eigenvalue weighted by Gasteiger charge is 2.28. The van der Waals surface area contributed by atoms with Crippen LogP contribution in [-0.4, -0.2) is 42.6 Å². The monoisotopic (exact) mass is 272 g/mol. The molecule has 4 nitrogen and oxygen atoms in total. The fourth-order valence-corrected chi connectivity index (χ4v) is 3.01. The maximum Gasteiger partial charge on any atom is 0.310 e. The molecule has 0 aliphatic carbocycles. The van der Waals surface area contributed by atoms with E-state index < -0.39 is 0 Å². The van der Waals surface area contributed by atoms with Crippen molar-refractivity contribution in [1.82, 2.24) is 9.88 Å². The fraction of sp³-hybridized carbons (Fsp3) is 0.438. The molecule has 0 bridgehead atoms. The summed E-state index contributed by atoms with van der Waals surface area (Å²) in [6, 6.07) is 8.37. The molecular weight excluding hydrogens is 252 g/mol. The standard InChI is InChI=1S/C16H20N2O2/c1-20-16(19)13-7-9-18(11-13)8-6-12-10-17-15-5-3-2-4-14(12)15/h2-5,10,13,17H,6-9,11H2,1H3. The van der Waals surface area contributed by atoms with Crippen LogP contribution in [0.1, 0.15) is 12.0 Å². The van der Waals surface area contributed by atoms with Crippen molar-refractivity contribution in [2.75, 3.05) is 26.7 Å². The highest BCUT2D eigenvalue weighted by molar-refractivity contribution is 5.83. The summed E-state index contributed by atoms with van der Waals surface area (Å²) in [6.45, 7) is 2.81. The SMILES string of the molecule is COC(=O)C1CCN(CCc2c[nH]c3ccccc23)C1. The lowest BCUT2D eigenvalue weighted by molar-refractivity contribution is -0.144. The zero-order valence-electron chi connectivity index (χ0n) is 11.8. The fourth-order valence-electron chi connectivity index (χ4n) is 3.01. The molecule has 1 saturated heterocycles. The van der Waals surface area contributed by atoms with Gasteiger partial charge in [-0.05, 0) is 31.0 Å².